The molecule has 0 heterocycles. The van der Waals surface area contributed by atoms with E-state index in [0.29, 0.717) is 5.56 Å². The standard InChI is InChI=1S/C19H27NO3/c1-13(2)15-8-10-16(11-9-15)18(21)20-17(19(22)23)12-14-6-4-3-5-7-14/h3-7,13,15-17H,8-12H2,1-2H3,(H,20,21)(H,22,23)/t15-,16-,17-/m1/s1/i8D2,9D2,10D2,11D2,15D,16D. The first-order valence-electron chi connectivity index (χ1n) is 12.3. The van der Waals surface area contributed by atoms with Crippen molar-refractivity contribution in [3.05, 3.63) is 35.9 Å². The summed E-state index contributed by atoms with van der Waals surface area (Å²) >= 11 is 0. The summed E-state index contributed by atoms with van der Waals surface area (Å²) in [5.41, 5.74) is 0.467. The van der Waals surface area contributed by atoms with Crippen molar-refractivity contribution in [3.8, 4) is 0 Å². The summed E-state index contributed by atoms with van der Waals surface area (Å²) in [5.74, 6) is -11.4. The van der Waals surface area contributed by atoms with E-state index >= 15 is 0 Å². The van der Waals surface area contributed by atoms with Crippen LogP contribution in [0.4, 0.5) is 0 Å². The maximum Gasteiger partial charge on any atom is 0.326 e. The number of benzene rings is 1. The van der Waals surface area contributed by atoms with Crippen LogP contribution in [-0.2, 0) is 16.0 Å². The van der Waals surface area contributed by atoms with E-state index in [1.165, 1.54) is 13.8 Å². The van der Waals surface area contributed by atoms with E-state index in [1.54, 1.807) is 30.3 Å². The predicted octanol–water partition coefficient (Wildman–Crippen LogP) is 3.26. The second-order valence-electron chi connectivity index (χ2n) is 5.50. The predicted molar refractivity (Wildman–Crippen MR) is 90.0 cm³/mol. The van der Waals surface area contributed by atoms with Crippen molar-refractivity contribution in [3.63, 3.8) is 0 Å². The lowest BCUT2D eigenvalue weighted by atomic mass is 9.76. The molecule has 1 aromatic rings. The van der Waals surface area contributed by atoms with Crippen LogP contribution in [0.5, 0.6) is 0 Å². The number of nitrogens with one attached hydrogen (secondary N) is 1. The largest absolute Gasteiger partial charge is 0.480 e. The van der Waals surface area contributed by atoms with E-state index in [-0.39, 0.29) is 6.42 Å². The van der Waals surface area contributed by atoms with E-state index in [4.69, 9.17) is 13.7 Å². The highest BCUT2D eigenvalue weighted by molar-refractivity contribution is 5.85. The Balaban J connectivity index is 2.63. The van der Waals surface area contributed by atoms with E-state index in [1.807, 2.05) is 5.32 Å². The van der Waals surface area contributed by atoms with Gasteiger partial charge in [0.25, 0.3) is 0 Å². The van der Waals surface area contributed by atoms with Gasteiger partial charge in [-0.2, -0.15) is 0 Å². The monoisotopic (exact) mass is 327 g/mol. The summed E-state index contributed by atoms with van der Waals surface area (Å²) in [5, 5.41) is 11.5. The van der Waals surface area contributed by atoms with Crippen LogP contribution in [0.1, 0.15) is 58.6 Å². The minimum atomic E-state index is -3.77. The summed E-state index contributed by atoms with van der Waals surface area (Å²) in [6, 6.07) is 6.30. The molecule has 0 spiro atoms. The van der Waals surface area contributed by atoms with Crippen LogP contribution in [0.25, 0.3) is 0 Å². The smallest absolute Gasteiger partial charge is 0.326 e. The van der Waals surface area contributed by atoms with Crippen molar-refractivity contribution in [2.24, 2.45) is 17.7 Å². The van der Waals surface area contributed by atoms with E-state index < -0.39 is 61.1 Å². The molecule has 1 saturated carbocycles. The molecule has 2 rings (SSSR count). The highest BCUT2D eigenvalue weighted by atomic mass is 16.4. The molecule has 1 atom stereocenters. The van der Waals surface area contributed by atoms with Crippen molar-refractivity contribution in [2.45, 2.75) is 51.8 Å². The molecule has 0 saturated heterocycles. The van der Waals surface area contributed by atoms with Crippen LogP contribution in [-0.4, -0.2) is 23.0 Å². The van der Waals surface area contributed by atoms with Crippen LogP contribution in [0.3, 0.4) is 0 Å². The fraction of sp³-hybridized carbons (Fsp3) is 0.579. The molecule has 1 aliphatic rings. The number of carboxylic acid groups (broad SMARTS) is 1. The minimum Gasteiger partial charge on any atom is -0.480 e. The van der Waals surface area contributed by atoms with Gasteiger partial charge in [0.2, 0.25) is 5.91 Å². The Hall–Kier alpha value is -1.84. The molecule has 0 radical (unpaired) electrons. The molecular formula is C19H27NO3. The lowest BCUT2D eigenvalue weighted by Gasteiger charge is -2.30. The fourth-order valence-electron chi connectivity index (χ4n) is 2.00. The molecule has 0 unspecified atom stereocenters. The van der Waals surface area contributed by atoms with Gasteiger partial charge in [0, 0.05) is 26.0 Å². The summed E-state index contributed by atoms with van der Waals surface area (Å²) < 4.78 is 83.7. The van der Waals surface area contributed by atoms with Gasteiger partial charge in [-0.1, -0.05) is 44.2 Å². The van der Waals surface area contributed by atoms with Gasteiger partial charge in [-0.25, -0.2) is 4.79 Å². The van der Waals surface area contributed by atoms with Crippen molar-refractivity contribution in [1.29, 1.82) is 0 Å². The minimum absolute atomic E-state index is 0.293. The molecule has 1 amide bonds. The second-order valence-corrected chi connectivity index (χ2v) is 5.50. The summed E-state index contributed by atoms with van der Waals surface area (Å²) in [6.45, 7) is 2.46. The van der Waals surface area contributed by atoms with Crippen molar-refractivity contribution >= 4 is 11.9 Å². The Bertz CT molecular complexity index is 892. The van der Waals surface area contributed by atoms with Crippen LogP contribution in [0, 0.1) is 17.7 Å². The van der Waals surface area contributed by atoms with Crippen LogP contribution in [0.15, 0.2) is 30.3 Å². The van der Waals surface area contributed by atoms with E-state index in [0.717, 1.165) is 0 Å². The molecule has 2 N–H and O–H groups in total. The van der Waals surface area contributed by atoms with Gasteiger partial charge >= 0.3 is 5.97 Å². The number of amides is 1. The second kappa shape index (κ2) is 8.14. The van der Waals surface area contributed by atoms with Gasteiger partial charge in [0.15, 0.2) is 0 Å². The van der Waals surface area contributed by atoms with Gasteiger partial charge in [-0.05, 0) is 42.9 Å². The van der Waals surface area contributed by atoms with Gasteiger partial charge in [-0.3, -0.25) is 4.79 Å². The highest BCUT2D eigenvalue weighted by Crippen LogP contribution is 2.33. The first-order valence-corrected chi connectivity index (χ1v) is 7.33. The molecule has 4 nitrogen and oxygen atoms in total. The number of rotatable bonds is 6. The zero-order chi connectivity index (χ0) is 25.8. The first-order chi connectivity index (χ1) is 14.7. The van der Waals surface area contributed by atoms with E-state index in [2.05, 4.69) is 0 Å². The van der Waals surface area contributed by atoms with E-state index in [9.17, 15) is 14.7 Å². The van der Waals surface area contributed by atoms with Gasteiger partial charge in [-0.15, -0.1) is 0 Å². The Kier molecular flexibility index (Phi) is 2.94. The topological polar surface area (TPSA) is 66.4 Å². The average molecular weight is 327 g/mol. The van der Waals surface area contributed by atoms with Crippen LogP contribution < -0.4 is 5.32 Å². The maximum absolute atomic E-state index is 13.2. The molecule has 0 aromatic heterocycles. The zero-order valence-corrected chi connectivity index (χ0v) is 13.0. The molecular weight excluding hydrogens is 290 g/mol. The molecule has 0 aliphatic heterocycles. The normalized spacial score (nSPS) is 44.1. The third kappa shape index (κ3) is 5.08. The fourth-order valence-corrected chi connectivity index (χ4v) is 2.00. The average Bonchev–Trinajstić information content (AvgIpc) is 2.70. The number of aliphatic carboxylic acids is 1. The third-order valence-corrected chi connectivity index (χ3v) is 3.33. The lowest BCUT2D eigenvalue weighted by Crippen LogP contribution is -2.45. The van der Waals surface area contributed by atoms with Crippen molar-refractivity contribution in [1.82, 2.24) is 5.32 Å². The molecule has 0 bridgehead atoms. The Morgan fingerprint density at radius 2 is 1.87 bits per heavy atom. The summed E-state index contributed by atoms with van der Waals surface area (Å²) in [7, 11) is 0. The number of carbonyl (C=O) groups excluding carboxylic acids is 1. The Labute approximate surface area is 152 Å². The summed E-state index contributed by atoms with van der Waals surface area (Å²) in [6.07, 6.45) is -14.8. The zero-order valence-electron chi connectivity index (χ0n) is 23.0. The number of carboxylic acids is 1. The van der Waals surface area contributed by atoms with Crippen LogP contribution in [0.2, 0.25) is 0 Å². The quantitative estimate of drug-likeness (QED) is 0.843. The van der Waals surface area contributed by atoms with Gasteiger partial charge < -0.3 is 10.4 Å². The highest BCUT2D eigenvalue weighted by Gasteiger charge is 2.30. The Morgan fingerprint density at radius 3 is 2.39 bits per heavy atom. The number of hydrogen-bond donors (Lipinski definition) is 2. The summed E-state index contributed by atoms with van der Waals surface area (Å²) in [4.78, 5) is 24.9. The molecule has 1 fully saturated rings. The molecule has 4 heteroatoms. The SMILES string of the molecule is [2H]C1([2H])C([2H])([2H])[C@]([2H])(C(C)C)C([2H])([2H])C([2H])([2H])[C@@]1([2H])C(=O)N[C@H](Cc1ccccc1)C(=O)O. The lowest BCUT2D eigenvalue weighted by molar-refractivity contribution is -0.142. The molecule has 1 aliphatic carbocycles. The number of carbonyl (C=O) groups is 2. The molecule has 126 valence electrons. The number of hydrogen-bond acceptors (Lipinski definition) is 2. The maximum atomic E-state index is 13.2. The molecule has 1 aromatic carbocycles. The third-order valence-electron chi connectivity index (χ3n) is 3.33. The van der Waals surface area contributed by atoms with Crippen molar-refractivity contribution in [2.75, 3.05) is 0 Å². The Morgan fingerprint density at radius 1 is 1.26 bits per heavy atom. The van der Waals surface area contributed by atoms with Gasteiger partial charge in [0.1, 0.15) is 6.04 Å². The van der Waals surface area contributed by atoms with Gasteiger partial charge in [0.05, 0.1) is 0 Å². The molecule has 23 heavy (non-hydrogen) atoms. The van der Waals surface area contributed by atoms with Crippen LogP contribution >= 0.6 is 0 Å². The van der Waals surface area contributed by atoms with Crippen molar-refractivity contribution < 1.29 is 28.4 Å². The first kappa shape index (κ1) is 8.32.